The average Bonchev–Trinajstić information content (AvgIpc) is 2.44. The molecule has 1 aliphatic heterocycles. The summed E-state index contributed by atoms with van der Waals surface area (Å²) in [6.07, 6.45) is 0. The van der Waals surface area contributed by atoms with Crippen LogP contribution >= 0.6 is 0 Å². The zero-order valence-electron chi connectivity index (χ0n) is 9.45. The third-order valence-corrected chi connectivity index (χ3v) is 2.92. The molecular weight excluding hydrogens is 184 g/mol. The van der Waals surface area contributed by atoms with Crippen molar-refractivity contribution < 1.29 is 0 Å². The summed E-state index contributed by atoms with van der Waals surface area (Å²) in [5.41, 5.74) is 1.42. The largest absolute Gasteiger partial charge is 0.315 e. The van der Waals surface area contributed by atoms with Gasteiger partial charge in [-0.05, 0) is 18.0 Å². The van der Waals surface area contributed by atoms with E-state index in [2.05, 4.69) is 47.5 Å². The predicted octanol–water partition coefficient (Wildman–Crippen LogP) is 1.73. The van der Waals surface area contributed by atoms with Gasteiger partial charge in [0.1, 0.15) is 0 Å². The standard InChI is InChI=1S/C13H20N2/c1-12-9-14-7-8-15(10-12)11-13-5-3-2-4-6-13/h2-6,12,14H,7-11H2,1H3/t12-/m0/s1. The van der Waals surface area contributed by atoms with Gasteiger partial charge in [-0.1, -0.05) is 37.3 Å². The lowest BCUT2D eigenvalue weighted by atomic mass is 10.1. The molecule has 2 heteroatoms. The van der Waals surface area contributed by atoms with Gasteiger partial charge in [0, 0.05) is 26.2 Å². The van der Waals surface area contributed by atoms with Crippen molar-refractivity contribution in [3.8, 4) is 0 Å². The molecule has 0 bridgehead atoms. The van der Waals surface area contributed by atoms with Crippen LogP contribution in [0.1, 0.15) is 12.5 Å². The highest BCUT2D eigenvalue weighted by Gasteiger charge is 2.13. The van der Waals surface area contributed by atoms with Crippen LogP contribution < -0.4 is 5.32 Å². The quantitative estimate of drug-likeness (QED) is 0.789. The Morgan fingerprint density at radius 1 is 1.33 bits per heavy atom. The first-order valence-electron chi connectivity index (χ1n) is 5.81. The molecule has 2 nitrogen and oxygen atoms in total. The van der Waals surface area contributed by atoms with Gasteiger partial charge in [0.2, 0.25) is 0 Å². The normalized spacial score (nSPS) is 23.7. The second-order valence-corrected chi connectivity index (χ2v) is 4.53. The van der Waals surface area contributed by atoms with E-state index in [1.807, 2.05) is 0 Å². The molecule has 1 aromatic rings. The molecule has 15 heavy (non-hydrogen) atoms. The molecule has 1 aliphatic rings. The van der Waals surface area contributed by atoms with Crippen LogP contribution in [0, 0.1) is 5.92 Å². The molecule has 2 rings (SSSR count). The van der Waals surface area contributed by atoms with E-state index >= 15 is 0 Å². The first-order chi connectivity index (χ1) is 7.34. The van der Waals surface area contributed by atoms with Crippen molar-refractivity contribution in [3.05, 3.63) is 35.9 Å². The zero-order chi connectivity index (χ0) is 10.5. The maximum absolute atomic E-state index is 3.47. The molecule has 1 atom stereocenters. The molecule has 1 aromatic carbocycles. The minimum Gasteiger partial charge on any atom is -0.315 e. The summed E-state index contributed by atoms with van der Waals surface area (Å²) < 4.78 is 0. The van der Waals surface area contributed by atoms with Crippen molar-refractivity contribution in [3.63, 3.8) is 0 Å². The van der Waals surface area contributed by atoms with E-state index in [1.54, 1.807) is 0 Å². The zero-order valence-corrected chi connectivity index (χ0v) is 9.45. The molecule has 0 aromatic heterocycles. The lowest BCUT2D eigenvalue weighted by molar-refractivity contribution is 0.257. The summed E-state index contributed by atoms with van der Waals surface area (Å²) in [4.78, 5) is 2.54. The first kappa shape index (κ1) is 10.7. The summed E-state index contributed by atoms with van der Waals surface area (Å²) in [5.74, 6) is 0.760. The van der Waals surface area contributed by atoms with Gasteiger partial charge < -0.3 is 5.32 Å². The van der Waals surface area contributed by atoms with Gasteiger partial charge in [0.05, 0.1) is 0 Å². The Labute approximate surface area is 92.3 Å². The highest BCUT2D eigenvalue weighted by Crippen LogP contribution is 2.08. The highest BCUT2D eigenvalue weighted by atomic mass is 15.2. The third-order valence-electron chi connectivity index (χ3n) is 2.92. The second kappa shape index (κ2) is 5.29. The maximum atomic E-state index is 3.47. The molecular formula is C13H20N2. The highest BCUT2D eigenvalue weighted by molar-refractivity contribution is 5.14. The monoisotopic (exact) mass is 204 g/mol. The van der Waals surface area contributed by atoms with Gasteiger partial charge >= 0.3 is 0 Å². The van der Waals surface area contributed by atoms with Crippen molar-refractivity contribution in [2.24, 2.45) is 5.92 Å². The number of hydrogen-bond donors (Lipinski definition) is 1. The summed E-state index contributed by atoms with van der Waals surface area (Å²) >= 11 is 0. The fourth-order valence-electron chi connectivity index (χ4n) is 2.17. The van der Waals surface area contributed by atoms with E-state index in [4.69, 9.17) is 0 Å². The Morgan fingerprint density at radius 3 is 2.93 bits per heavy atom. The topological polar surface area (TPSA) is 15.3 Å². The summed E-state index contributed by atoms with van der Waals surface area (Å²) in [5, 5.41) is 3.47. The lowest BCUT2D eigenvalue weighted by Crippen LogP contribution is -2.28. The number of nitrogens with one attached hydrogen (secondary N) is 1. The van der Waals surface area contributed by atoms with Crippen molar-refractivity contribution in [2.75, 3.05) is 26.2 Å². The van der Waals surface area contributed by atoms with Crippen LogP contribution in [0.4, 0.5) is 0 Å². The molecule has 1 saturated heterocycles. The van der Waals surface area contributed by atoms with E-state index in [9.17, 15) is 0 Å². The molecule has 0 aliphatic carbocycles. The molecule has 0 spiro atoms. The fourth-order valence-corrected chi connectivity index (χ4v) is 2.17. The second-order valence-electron chi connectivity index (χ2n) is 4.53. The van der Waals surface area contributed by atoms with Gasteiger partial charge in [0.15, 0.2) is 0 Å². The first-order valence-corrected chi connectivity index (χ1v) is 5.81. The summed E-state index contributed by atoms with van der Waals surface area (Å²) in [6, 6.07) is 10.7. The number of rotatable bonds is 2. The van der Waals surface area contributed by atoms with Crippen LogP contribution in [0.25, 0.3) is 0 Å². The number of benzene rings is 1. The lowest BCUT2D eigenvalue weighted by Gasteiger charge is -2.21. The van der Waals surface area contributed by atoms with E-state index < -0.39 is 0 Å². The van der Waals surface area contributed by atoms with Crippen LogP contribution in [-0.4, -0.2) is 31.1 Å². The van der Waals surface area contributed by atoms with Gasteiger partial charge in [-0.15, -0.1) is 0 Å². The summed E-state index contributed by atoms with van der Waals surface area (Å²) in [6.45, 7) is 8.06. The third kappa shape index (κ3) is 3.33. The Balaban J connectivity index is 1.93. The van der Waals surface area contributed by atoms with E-state index in [1.165, 1.54) is 18.7 Å². The molecule has 0 unspecified atom stereocenters. The van der Waals surface area contributed by atoms with E-state index in [0.717, 1.165) is 25.6 Å². The van der Waals surface area contributed by atoms with Crippen LogP contribution in [0.5, 0.6) is 0 Å². The summed E-state index contributed by atoms with van der Waals surface area (Å²) in [7, 11) is 0. The average molecular weight is 204 g/mol. The number of nitrogens with zero attached hydrogens (tertiary/aromatic N) is 1. The minimum atomic E-state index is 0.760. The van der Waals surface area contributed by atoms with Crippen LogP contribution in [-0.2, 0) is 6.54 Å². The fraction of sp³-hybridized carbons (Fsp3) is 0.538. The van der Waals surface area contributed by atoms with Crippen molar-refractivity contribution in [2.45, 2.75) is 13.5 Å². The Kier molecular flexibility index (Phi) is 3.75. The Bertz CT molecular complexity index is 284. The Morgan fingerprint density at radius 2 is 2.13 bits per heavy atom. The number of hydrogen-bond acceptors (Lipinski definition) is 2. The maximum Gasteiger partial charge on any atom is 0.0234 e. The molecule has 0 radical (unpaired) electrons. The van der Waals surface area contributed by atoms with Crippen molar-refractivity contribution in [1.29, 1.82) is 0 Å². The van der Waals surface area contributed by atoms with Crippen LogP contribution in [0.2, 0.25) is 0 Å². The SMILES string of the molecule is C[C@H]1CNCCN(Cc2ccccc2)C1. The molecule has 1 fully saturated rings. The van der Waals surface area contributed by atoms with E-state index in [0.29, 0.717) is 0 Å². The molecule has 82 valence electrons. The van der Waals surface area contributed by atoms with Crippen molar-refractivity contribution in [1.82, 2.24) is 10.2 Å². The molecule has 1 heterocycles. The smallest absolute Gasteiger partial charge is 0.0234 e. The Hall–Kier alpha value is -0.860. The molecule has 0 saturated carbocycles. The van der Waals surface area contributed by atoms with Gasteiger partial charge in [-0.2, -0.15) is 0 Å². The van der Waals surface area contributed by atoms with Gasteiger partial charge in [-0.25, -0.2) is 0 Å². The van der Waals surface area contributed by atoms with Crippen molar-refractivity contribution >= 4 is 0 Å². The van der Waals surface area contributed by atoms with E-state index in [-0.39, 0.29) is 0 Å². The predicted molar refractivity (Wildman–Crippen MR) is 63.8 cm³/mol. The minimum absolute atomic E-state index is 0.760. The van der Waals surface area contributed by atoms with Crippen LogP contribution in [0.15, 0.2) is 30.3 Å². The van der Waals surface area contributed by atoms with Crippen LogP contribution in [0.3, 0.4) is 0 Å². The molecule has 0 amide bonds. The van der Waals surface area contributed by atoms with Gasteiger partial charge in [0.25, 0.3) is 0 Å². The van der Waals surface area contributed by atoms with Gasteiger partial charge in [-0.3, -0.25) is 4.90 Å². The molecule has 1 N–H and O–H groups in total.